The smallest absolute Gasteiger partial charge is 0.268 e. The Labute approximate surface area is 197 Å². The van der Waals surface area contributed by atoms with Crippen LogP contribution in [0.5, 0.6) is 5.75 Å². The van der Waals surface area contributed by atoms with Gasteiger partial charge in [0, 0.05) is 23.5 Å². The van der Waals surface area contributed by atoms with E-state index in [-0.39, 0.29) is 13.2 Å². The fourth-order valence-corrected chi connectivity index (χ4v) is 4.56. The van der Waals surface area contributed by atoms with Crippen molar-refractivity contribution in [3.63, 3.8) is 0 Å². The summed E-state index contributed by atoms with van der Waals surface area (Å²) in [5.74, 6) is 1.09. The molecule has 1 amide bonds. The van der Waals surface area contributed by atoms with Gasteiger partial charge in [-0.2, -0.15) is 4.98 Å². The monoisotopic (exact) mass is 474 g/mol. The van der Waals surface area contributed by atoms with Gasteiger partial charge in [-0.15, -0.1) is 11.3 Å². The van der Waals surface area contributed by atoms with Crippen molar-refractivity contribution in [1.82, 2.24) is 20.4 Å². The number of ether oxygens (including phenoxy) is 1. The summed E-state index contributed by atoms with van der Waals surface area (Å²) in [5.41, 5.74) is 3.74. The highest BCUT2D eigenvalue weighted by Gasteiger charge is 2.17. The zero-order valence-electron chi connectivity index (χ0n) is 19.5. The number of carbonyl (C=O) groups excluding carboxylic acids is 1. The molecule has 10 heteroatoms. The van der Waals surface area contributed by atoms with Crippen LogP contribution >= 0.6 is 11.3 Å². The standard InChI is InChI=1S/C23H30N4O5S/c1-13-8-18(33-19(13)10-27(4)5)23-25-22(26-32-23)16-6-14(2)21(15(3)7-16)31-12-17(29)9-24-20(30)11-28/h6-8,17,28-29H,9-12H2,1-5H3,(H,24,30)/t17-/m1/s1. The van der Waals surface area contributed by atoms with Gasteiger partial charge in [0.1, 0.15) is 25.1 Å². The molecule has 3 rings (SSSR count). The lowest BCUT2D eigenvalue weighted by Crippen LogP contribution is -2.36. The number of rotatable bonds is 10. The number of benzene rings is 1. The van der Waals surface area contributed by atoms with Crippen molar-refractivity contribution in [1.29, 1.82) is 0 Å². The fourth-order valence-electron chi connectivity index (χ4n) is 3.34. The van der Waals surface area contributed by atoms with Gasteiger partial charge in [0.15, 0.2) is 0 Å². The lowest BCUT2D eigenvalue weighted by Gasteiger charge is -2.16. The van der Waals surface area contributed by atoms with Crippen molar-refractivity contribution in [3.8, 4) is 27.9 Å². The molecule has 0 bridgehead atoms. The first-order valence-corrected chi connectivity index (χ1v) is 11.4. The Bertz CT molecular complexity index is 1090. The topological polar surface area (TPSA) is 121 Å². The minimum atomic E-state index is -0.898. The van der Waals surface area contributed by atoms with Crippen molar-refractivity contribution in [3.05, 3.63) is 39.8 Å². The normalized spacial score (nSPS) is 12.2. The van der Waals surface area contributed by atoms with Crippen LogP contribution in [0.3, 0.4) is 0 Å². The fraction of sp³-hybridized carbons (Fsp3) is 0.435. The number of nitrogens with zero attached hydrogens (tertiary/aromatic N) is 3. The number of amides is 1. The first-order valence-electron chi connectivity index (χ1n) is 10.6. The van der Waals surface area contributed by atoms with E-state index in [2.05, 4.69) is 33.3 Å². The molecule has 0 aliphatic heterocycles. The van der Waals surface area contributed by atoms with Crippen LogP contribution in [0.4, 0.5) is 0 Å². The van der Waals surface area contributed by atoms with Crippen molar-refractivity contribution < 1.29 is 24.3 Å². The molecular formula is C23H30N4O5S. The molecular weight excluding hydrogens is 444 g/mol. The molecule has 2 heterocycles. The van der Waals surface area contributed by atoms with E-state index in [4.69, 9.17) is 14.4 Å². The number of hydrogen-bond acceptors (Lipinski definition) is 9. The molecule has 0 unspecified atom stereocenters. The second-order valence-corrected chi connectivity index (χ2v) is 9.38. The Kier molecular flexibility index (Phi) is 8.20. The van der Waals surface area contributed by atoms with Crippen LogP contribution in [-0.2, 0) is 11.3 Å². The maximum Gasteiger partial charge on any atom is 0.268 e. The maximum absolute atomic E-state index is 11.1. The van der Waals surface area contributed by atoms with Crippen LogP contribution in [0.2, 0.25) is 0 Å². The summed E-state index contributed by atoms with van der Waals surface area (Å²) < 4.78 is 11.3. The van der Waals surface area contributed by atoms with E-state index in [0.717, 1.165) is 28.1 Å². The summed E-state index contributed by atoms with van der Waals surface area (Å²) in [5, 5.41) is 25.3. The van der Waals surface area contributed by atoms with Gasteiger partial charge in [0.2, 0.25) is 11.7 Å². The molecule has 3 aromatic rings. The second kappa shape index (κ2) is 10.9. The highest BCUT2D eigenvalue weighted by Crippen LogP contribution is 2.33. The van der Waals surface area contributed by atoms with Crippen LogP contribution in [0.25, 0.3) is 22.2 Å². The number of aryl methyl sites for hydroxylation is 3. The van der Waals surface area contributed by atoms with Gasteiger partial charge in [0.25, 0.3) is 5.89 Å². The molecule has 3 N–H and O–H groups in total. The minimum Gasteiger partial charge on any atom is -0.490 e. The molecule has 1 aromatic carbocycles. The predicted molar refractivity (Wildman–Crippen MR) is 126 cm³/mol. The Morgan fingerprint density at radius 1 is 1.21 bits per heavy atom. The molecule has 0 aliphatic carbocycles. The van der Waals surface area contributed by atoms with E-state index in [0.29, 0.717) is 17.5 Å². The van der Waals surface area contributed by atoms with Crippen molar-refractivity contribution in [2.24, 2.45) is 0 Å². The van der Waals surface area contributed by atoms with E-state index >= 15 is 0 Å². The van der Waals surface area contributed by atoms with Gasteiger partial charge >= 0.3 is 0 Å². The average molecular weight is 475 g/mol. The largest absolute Gasteiger partial charge is 0.490 e. The van der Waals surface area contributed by atoms with Crippen LogP contribution in [0.15, 0.2) is 22.7 Å². The average Bonchev–Trinajstić information content (AvgIpc) is 3.38. The van der Waals surface area contributed by atoms with Crippen LogP contribution < -0.4 is 10.1 Å². The minimum absolute atomic E-state index is 0.000337. The van der Waals surface area contributed by atoms with Gasteiger partial charge in [-0.25, -0.2) is 0 Å². The number of hydrogen-bond donors (Lipinski definition) is 3. The van der Waals surface area contributed by atoms with E-state index in [9.17, 15) is 9.90 Å². The third-order valence-corrected chi connectivity index (χ3v) is 6.14. The summed E-state index contributed by atoms with van der Waals surface area (Å²) in [6.45, 7) is 6.14. The summed E-state index contributed by atoms with van der Waals surface area (Å²) in [4.78, 5) is 20.0. The molecule has 0 radical (unpaired) electrons. The van der Waals surface area contributed by atoms with Crippen LogP contribution in [0.1, 0.15) is 21.6 Å². The molecule has 0 aliphatic rings. The van der Waals surface area contributed by atoms with E-state index in [1.807, 2.05) is 40.1 Å². The number of carbonyl (C=O) groups is 1. The van der Waals surface area contributed by atoms with Crippen LogP contribution in [0, 0.1) is 20.8 Å². The lowest BCUT2D eigenvalue weighted by molar-refractivity contribution is -0.124. The van der Waals surface area contributed by atoms with Gasteiger partial charge in [0.05, 0.1) is 4.88 Å². The third-order valence-electron chi connectivity index (χ3n) is 4.93. The van der Waals surface area contributed by atoms with Gasteiger partial charge < -0.3 is 29.7 Å². The summed E-state index contributed by atoms with van der Waals surface area (Å²) in [6.07, 6.45) is -0.898. The highest BCUT2D eigenvalue weighted by molar-refractivity contribution is 7.15. The Morgan fingerprint density at radius 2 is 1.91 bits per heavy atom. The van der Waals surface area contributed by atoms with E-state index in [1.165, 1.54) is 10.4 Å². The second-order valence-electron chi connectivity index (χ2n) is 8.24. The summed E-state index contributed by atoms with van der Waals surface area (Å²) >= 11 is 1.65. The first-order chi connectivity index (χ1) is 15.7. The van der Waals surface area contributed by atoms with Crippen LogP contribution in [-0.4, -0.2) is 71.1 Å². The SMILES string of the molecule is Cc1cc(-c2nc(-c3cc(C)c(OC[C@H](O)CNC(=O)CO)c(C)c3)no2)sc1CN(C)C. The lowest BCUT2D eigenvalue weighted by atomic mass is 10.1. The summed E-state index contributed by atoms with van der Waals surface area (Å²) in [6, 6.07) is 5.89. The highest BCUT2D eigenvalue weighted by atomic mass is 32.1. The molecule has 1 atom stereocenters. The quantitative estimate of drug-likeness (QED) is 0.409. The Hall–Kier alpha value is -2.79. The van der Waals surface area contributed by atoms with Gasteiger partial charge in [-0.3, -0.25) is 4.79 Å². The molecule has 2 aromatic heterocycles. The number of aliphatic hydroxyl groups excluding tert-OH is 2. The number of aromatic nitrogens is 2. The first kappa shape index (κ1) is 24.8. The molecule has 0 saturated carbocycles. The Morgan fingerprint density at radius 3 is 2.55 bits per heavy atom. The predicted octanol–water partition coefficient (Wildman–Crippen LogP) is 2.30. The zero-order valence-corrected chi connectivity index (χ0v) is 20.3. The number of nitrogens with one attached hydrogen (secondary N) is 1. The van der Waals surface area contributed by atoms with Crippen molar-refractivity contribution >= 4 is 17.2 Å². The van der Waals surface area contributed by atoms with Crippen molar-refractivity contribution in [2.45, 2.75) is 33.4 Å². The van der Waals surface area contributed by atoms with E-state index < -0.39 is 18.6 Å². The molecule has 9 nitrogen and oxygen atoms in total. The van der Waals surface area contributed by atoms with E-state index in [1.54, 1.807) is 11.3 Å². The molecule has 178 valence electrons. The van der Waals surface area contributed by atoms with Gasteiger partial charge in [-0.05, 0) is 69.8 Å². The Balaban J connectivity index is 1.71. The molecule has 33 heavy (non-hydrogen) atoms. The van der Waals surface area contributed by atoms with Gasteiger partial charge in [-0.1, -0.05) is 5.16 Å². The maximum atomic E-state index is 11.1. The molecule has 0 saturated heterocycles. The number of thiophene rings is 1. The molecule has 0 fully saturated rings. The molecule has 0 spiro atoms. The zero-order chi connectivity index (χ0) is 24.1. The van der Waals surface area contributed by atoms with Crippen molar-refractivity contribution in [2.75, 3.05) is 33.9 Å². The summed E-state index contributed by atoms with van der Waals surface area (Å²) in [7, 11) is 4.08. The number of aliphatic hydroxyl groups is 2. The third kappa shape index (κ3) is 6.38.